The van der Waals surface area contributed by atoms with Gasteiger partial charge in [0.05, 0.1) is 23.4 Å². The number of aliphatic hydroxyl groups is 1. The van der Waals surface area contributed by atoms with Crippen LogP contribution in [0.1, 0.15) is 24.2 Å². The molecule has 0 fully saturated rings. The minimum atomic E-state index is -0.509. The fourth-order valence-corrected chi connectivity index (χ4v) is 2.88. The molecule has 0 radical (unpaired) electrons. The quantitative estimate of drug-likeness (QED) is 0.916. The SMILES string of the molecule is C[C@H](O)c1ccc(N2CCOc3ccccc3C2)c(Cl)c1. The Bertz CT molecular complexity index is 642. The number of ether oxygens (including phenoxy) is 1. The van der Waals surface area contributed by atoms with Crippen molar-refractivity contribution in [2.45, 2.75) is 19.6 Å². The molecule has 21 heavy (non-hydrogen) atoms. The third-order valence-corrected chi connectivity index (χ3v) is 4.05. The van der Waals surface area contributed by atoms with Crippen LogP contribution in [-0.2, 0) is 6.54 Å². The van der Waals surface area contributed by atoms with Gasteiger partial charge in [-0.05, 0) is 30.7 Å². The normalized spacial score (nSPS) is 15.9. The van der Waals surface area contributed by atoms with E-state index in [1.54, 1.807) is 6.92 Å². The van der Waals surface area contributed by atoms with Crippen LogP contribution in [0.3, 0.4) is 0 Å². The number of hydrogen-bond donors (Lipinski definition) is 1. The Balaban J connectivity index is 1.91. The molecule has 1 aliphatic rings. The number of anilines is 1. The van der Waals surface area contributed by atoms with Crippen LogP contribution >= 0.6 is 11.6 Å². The number of nitrogens with zero attached hydrogens (tertiary/aromatic N) is 1. The predicted molar refractivity (Wildman–Crippen MR) is 85.1 cm³/mol. The lowest BCUT2D eigenvalue weighted by molar-refractivity contribution is 0.199. The first-order valence-corrected chi connectivity index (χ1v) is 7.46. The van der Waals surface area contributed by atoms with Gasteiger partial charge < -0.3 is 14.7 Å². The Morgan fingerprint density at radius 3 is 2.81 bits per heavy atom. The molecular weight excluding hydrogens is 286 g/mol. The first-order chi connectivity index (χ1) is 10.1. The molecule has 2 aromatic carbocycles. The zero-order valence-electron chi connectivity index (χ0n) is 11.9. The van der Waals surface area contributed by atoms with E-state index in [2.05, 4.69) is 11.0 Å². The summed E-state index contributed by atoms with van der Waals surface area (Å²) < 4.78 is 5.78. The molecule has 0 aromatic heterocycles. The average Bonchev–Trinajstić information content (AvgIpc) is 2.69. The van der Waals surface area contributed by atoms with Gasteiger partial charge in [0.15, 0.2) is 0 Å². The monoisotopic (exact) mass is 303 g/mol. The Hall–Kier alpha value is -1.71. The average molecular weight is 304 g/mol. The number of rotatable bonds is 2. The highest BCUT2D eigenvalue weighted by Crippen LogP contribution is 2.32. The van der Waals surface area contributed by atoms with Gasteiger partial charge in [-0.1, -0.05) is 35.9 Å². The van der Waals surface area contributed by atoms with Gasteiger partial charge in [-0.3, -0.25) is 0 Å². The Morgan fingerprint density at radius 1 is 1.24 bits per heavy atom. The summed E-state index contributed by atoms with van der Waals surface area (Å²) in [6.45, 7) is 3.92. The minimum Gasteiger partial charge on any atom is -0.491 e. The number of fused-ring (bicyclic) bond motifs is 1. The van der Waals surface area contributed by atoms with Gasteiger partial charge in [0.1, 0.15) is 12.4 Å². The standard InChI is InChI=1S/C17H18ClNO2/c1-12(20)13-6-7-16(15(18)10-13)19-8-9-21-17-5-3-2-4-14(17)11-19/h2-7,10,12,20H,8-9,11H2,1H3/t12-/m0/s1. The lowest BCUT2D eigenvalue weighted by Gasteiger charge is -2.24. The first-order valence-electron chi connectivity index (χ1n) is 7.08. The zero-order chi connectivity index (χ0) is 14.8. The van der Waals surface area contributed by atoms with Gasteiger partial charge in [0.2, 0.25) is 0 Å². The van der Waals surface area contributed by atoms with Gasteiger partial charge in [-0.2, -0.15) is 0 Å². The third kappa shape index (κ3) is 2.99. The molecule has 0 aliphatic carbocycles. The van der Waals surface area contributed by atoms with E-state index in [1.807, 2.05) is 36.4 Å². The van der Waals surface area contributed by atoms with Crippen molar-refractivity contribution in [2.24, 2.45) is 0 Å². The summed E-state index contributed by atoms with van der Waals surface area (Å²) in [4.78, 5) is 2.21. The maximum atomic E-state index is 9.63. The van der Waals surface area contributed by atoms with Crippen LogP contribution in [-0.4, -0.2) is 18.3 Å². The summed E-state index contributed by atoms with van der Waals surface area (Å²) in [7, 11) is 0. The lowest BCUT2D eigenvalue weighted by Crippen LogP contribution is -2.25. The second-order valence-electron chi connectivity index (χ2n) is 5.26. The first kappa shape index (κ1) is 14.2. The van der Waals surface area contributed by atoms with Crippen LogP contribution in [0.2, 0.25) is 5.02 Å². The highest BCUT2D eigenvalue weighted by molar-refractivity contribution is 6.33. The second-order valence-corrected chi connectivity index (χ2v) is 5.67. The van der Waals surface area contributed by atoms with E-state index in [0.29, 0.717) is 11.6 Å². The Morgan fingerprint density at radius 2 is 2.05 bits per heavy atom. The third-order valence-electron chi connectivity index (χ3n) is 3.75. The van der Waals surface area contributed by atoms with Gasteiger partial charge in [0, 0.05) is 12.1 Å². The Kier molecular flexibility index (Phi) is 4.04. The highest BCUT2D eigenvalue weighted by atomic mass is 35.5. The molecule has 110 valence electrons. The molecule has 1 aliphatic heterocycles. The van der Waals surface area contributed by atoms with Crippen molar-refractivity contribution < 1.29 is 9.84 Å². The van der Waals surface area contributed by atoms with Crippen molar-refractivity contribution in [3.8, 4) is 5.75 Å². The minimum absolute atomic E-state index is 0.509. The fourth-order valence-electron chi connectivity index (χ4n) is 2.57. The van der Waals surface area contributed by atoms with Gasteiger partial charge >= 0.3 is 0 Å². The van der Waals surface area contributed by atoms with Crippen molar-refractivity contribution in [1.82, 2.24) is 0 Å². The van der Waals surface area contributed by atoms with E-state index in [1.165, 1.54) is 0 Å². The Labute approximate surface area is 129 Å². The van der Waals surface area contributed by atoms with Crippen molar-refractivity contribution in [3.05, 3.63) is 58.6 Å². The summed E-state index contributed by atoms with van der Waals surface area (Å²) in [5.74, 6) is 0.941. The number of para-hydroxylation sites is 1. The van der Waals surface area contributed by atoms with Gasteiger partial charge in [-0.15, -0.1) is 0 Å². The molecule has 0 unspecified atom stereocenters. The van der Waals surface area contributed by atoms with Crippen LogP contribution in [0.25, 0.3) is 0 Å². The summed E-state index contributed by atoms with van der Waals surface area (Å²) in [6, 6.07) is 13.8. The molecule has 2 aromatic rings. The predicted octanol–water partition coefficient (Wildman–Crippen LogP) is 3.79. The van der Waals surface area contributed by atoms with Crippen molar-refractivity contribution >= 4 is 17.3 Å². The molecule has 0 amide bonds. The van der Waals surface area contributed by atoms with E-state index in [4.69, 9.17) is 16.3 Å². The molecule has 0 saturated carbocycles. The molecule has 3 rings (SSSR count). The van der Waals surface area contributed by atoms with E-state index in [0.717, 1.165) is 35.7 Å². The van der Waals surface area contributed by atoms with E-state index in [9.17, 15) is 5.11 Å². The van der Waals surface area contributed by atoms with Crippen molar-refractivity contribution in [3.63, 3.8) is 0 Å². The van der Waals surface area contributed by atoms with Crippen LogP contribution in [0.5, 0.6) is 5.75 Å². The van der Waals surface area contributed by atoms with Gasteiger partial charge in [-0.25, -0.2) is 0 Å². The van der Waals surface area contributed by atoms with Crippen molar-refractivity contribution in [2.75, 3.05) is 18.1 Å². The highest BCUT2D eigenvalue weighted by Gasteiger charge is 2.17. The lowest BCUT2D eigenvalue weighted by atomic mass is 10.1. The largest absolute Gasteiger partial charge is 0.491 e. The second kappa shape index (κ2) is 5.96. The number of aliphatic hydroxyl groups excluding tert-OH is 1. The summed E-state index contributed by atoms with van der Waals surface area (Å²) >= 11 is 6.39. The molecule has 0 saturated heterocycles. The molecule has 1 heterocycles. The molecule has 4 heteroatoms. The maximum absolute atomic E-state index is 9.63. The van der Waals surface area contributed by atoms with Crippen molar-refractivity contribution in [1.29, 1.82) is 0 Å². The number of hydrogen-bond acceptors (Lipinski definition) is 3. The van der Waals surface area contributed by atoms with E-state index in [-0.39, 0.29) is 0 Å². The molecule has 3 nitrogen and oxygen atoms in total. The summed E-state index contributed by atoms with van der Waals surface area (Å²) in [6.07, 6.45) is -0.509. The summed E-state index contributed by atoms with van der Waals surface area (Å²) in [5.41, 5.74) is 2.96. The molecule has 1 atom stereocenters. The van der Waals surface area contributed by atoms with Crippen LogP contribution < -0.4 is 9.64 Å². The van der Waals surface area contributed by atoms with Crippen LogP contribution in [0.4, 0.5) is 5.69 Å². The van der Waals surface area contributed by atoms with E-state index >= 15 is 0 Å². The summed E-state index contributed by atoms with van der Waals surface area (Å²) in [5, 5.41) is 10.3. The van der Waals surface area contributed by atoms with Crippen LogP contribution in [0.15, 0.2) is 42.5 Å². The molecule has 0 spiro atoms. The topological polar surface area (TPSA) is 32.7 Å². The van der Waals surface area contributed by atoms with Crippen LogP contribution in [0, 0.1) is 0 Å². The zero-order valence-corrected chi connectivity index (χ0v) is 12.7. The number of benzene rings is 2. The molecular formula is C17H18ClNO2. The fraction of sp³-hybridized carbons (Fsp3) is 0.294. The molecule has 1 N–H and O–H groups in total. The molecule has 0 bridgehead atoms. The number of halogens is 1. The van der Waals surface area contributed by atoms with Gasteiger partial charge in [0.25, 0.3) is 0 Å². The smallest absolute Gasteiger partial charge is 0.124 e. The van der Waals surface area contributed by atoms with E-state index < -0.39 is 6.10 Å². The maximum Gasteiger partial charge on any atom is 0.124 e.